The van der Waals surface area contributed by atoms with E-state index in [-0.39, 0.29) is 18.4 Å². The Hall–Kier alpha value is -2.14. The molecule has 0 bridgehead atoms. The highest BCUT2D eigenvalue weighted by atomic mass is 35.5. The second kappa shape index (κ2) is 4.62. The number of benzene rings is 1. The van der Waals surface area contributed by atoms with Gasteiger partial charge in [0.25, 0.3) is 0 Å². The average Bonchev–Trinajstić information content (AvgIpc) is 2.67. The first-order valence-corrected chi connectivity index (χ1v) is 5.29. The topological polar surface area (TPSA) is 69.1 Å². The van der Waals surface area contributed by atoms with Crippen LogP contribution < -0.4 is 5.73 Å². The fourth-order valence-electron chi connectivity index (χ4n) is 1.81. The molecular formula is C12H12ClN5. The Morgan fingerprint density at radius 1 is 1.17 bits per heavy atom. The zero-order chi connectivity index (χ0) is 11.8. The largest absolute Gasteiger partial charge is 0.367 e. The number of halogens is 1. The number of nitrogens with two attached hydrogens (primary N) is 1. The van der Waals surface area contributed by atoms with E-state index in [1.807, 2.05) is 37.3 Å². The van der Waals surface area contributed by atoms with Crippen LogP contribution in [0, 0.1) is 6.92 Å². The number of nitrogen functional groups attached to an aromatic ring is 1. The van der Waals surface area contributed by atoms with Crippen molar-refractivity contribution in [1.82, 2.24) is 19.6 Å². The Bertz CT molecular complexity index is 678. The number of imidazole rings is 1. The van der Waals surface area contributed by atoms with Crippen molar-refractivity contribution >= 4 is 23.9 Å². The summed E-state index contributed by atoms with van der Waals surface area (Å²) in [5, 5.41) is 4.19. The molecule has 0 saturated heterocycles. The molecule has 18 heavy (non-hydrogen) atoms. The van der Waals surface area contributed by atoms with Crippen molar-refractivity contribution in [3.63, 3.8) is 0 Å². The third-order valence-corrected chi connectivity index (χ3v) is 2.63. The van der Waals surface area contributed by atoms with Crippen molar-refractivity contribution in [1.29, 1.82) is 0 Å². The van der Waals surface area contributed by atoms with E-state index < -0.39 is 0 Å². The monoisotopic (exact) mass is 261 g/mol. The molecule has 2 heterocycles. The van der Waals surface area contributed by atoms with Crippen molar-refractivity contribution in [2.75, 3.05) is 5.73 Å². The van der Waals surface area contributed by atoms with Crippen LogP contribution in [0.15, 0.2) is 36.5 Å². The highest BCUT2D eigenvalue weighted by Crippen LogP contribution is 2.20. The molecule has 6 heteroatoms. The molecule has 0 spiro atoms. The molecule has 3 rings (SSSR count). The molecule has 92 valence electrons. The first-order valence-electron chi connectivity index (χ1n) is 5.29. The second-order valence-corrected chi connectivity index (χ2v) is 3.80. The number of anilines is 1. The van der Waals surface area contributed by atoms with Crippen LogP contribution in [-0.4, -0.2) is 19.6 Å². The van der Waals surface area contributed by atoms with Crippen LogP contribution in [0.1, 0.15) is 5.69 Å². The number of aryl methyl sites for hydroxylation is 1. The lowest BCUT2D eigenvalue weighted by atomic mass is 10.2. The summed E-state index contributed by atoms with van der Waals surface area (Å²) in [5.74, 6) is 1.03. The summed E-state index contributed by atoms with van der Waals surface area (Å²) in [5.41, 5.74) is 8.38. The Morgan fingerprint density at radius 2 is 1.89 bits per heavy atom. The fourth-order valence-corrected chi connectivity index (χ4v) is 1.81. The van der Waals surface area contributed by atoms with Gasteiger partial charge in [0, 0.05) is 5.56 Å². The summed E-state index contributed by atoms with van der Waals surface area (Å²) >= 11 is 0. The fraction of sp³-hybridized carbons (Fsp3) is 0.0833. The maximum Gasteiger partial charge on any atom is 0.238 e. The minimum Gasteiger partial charge on any atom is -0.367 e. The molecule has 2 N–H and O–H groups in total. The zero-order valence-electron chi connectivity index (χ0n) is 9.74. The molecule has 0 aliphatic carbocycles. The SMILES string of the molecule is Cc1nc(-c2ccccc2)n2nc(N)ncc12.Cl. The van der Waals surface area contributed by atoms with Crippen molar-refractivity contribution in [2.24, 2.45) is 0 Å². The van der Waals surface area contributed by atoms with Gasteiger partial charge in [0.1, 0.15) is 5.52 Å². The maximum absolute atomic E-state index is 5.61. The number of nitrogens with zero attached hydrogens (tertiary/aromatic N) is 4. The summed E-state index contributed by atoms with van der Waals surface area (Å²) in [4.78, 5) is 8.49. The Labute approximate surface area is 110 Å². The van der Waals surface area contributed by atoms with E-state index >= 15 is 0 Å². The number of hydrogen-bond donors (Lipinski definition) is 1. The Balaban J connectivity index is 0.00000120. The van der Waals surface area contributed by atoms with Gasteiger partial charge in [-0.1, -0.05) is 30.3 Å². The number of hydrogen-bond acceptors (Lipinski definition) is 4. The lowest BCUT2D eigenvalue weighted by molar-refractivity contribution is 0.914. The molecular weight excluding hydrogens is 250 g/mol. The Morgan fingerprint density at radius 3 is 2.61 bits per heavy atom. The molecule has 0 fully saturated rings. The third kappa shape index (κ3) is 1.89. The molecule has 0 aliphatic heterocycles. The van der Waals surface area contributed by atoms with Crippen LogP contribution >= 0.6 is 12.4 Å². The van der Waals surface area contributed by atoms with E-state index in [4.69, 9.17) is 5.73 Å². The van der Waals surface area contributed by atoms with E-state index in [2.05, 4.69) is 15.1 Å². The van der Waals surface area contributed by atoms with Crippen LogP contribution in [0.2, 0.25) is 0 Å². The molecule has 5 nitrogen and oxygen atoms in total. The van der Waals surface area contributed by atoms with Gasteiger partial charge in [-0.2, -0.15) is 0 Å². The van der Waals surface area contributed by atoms with Crippen LogP contribution in [0.4, 0.5) is 5.95 Å². The van der Waals surface area contributed by atoms with E-state index in [1.54, 1.807) is 10.7 Å². The highest BCUT2D eigenvalue weighted by Gasteiger charge is 2.11. The van der Waals surface area contributed by atoms with Crippen LogP contribution in [0.25, 0.3) is 16.9 Å². The van der Waals surface area contributed by atoms with Gasteiger partial charge in [-0.05, 0) is 6.92 Å². The van der Waals surface area contributed by atoms with E-state index in [0.29, 0.717) is 0 Å². The van der Waals surface area contributed by atoms with E-state index in [0.717, 1.165) is 22.6 Å². The van der Waals surface area contributed by atoms with Crippen molar-refractivity contribution in [3.05, 3.63) is 42.2 Å². The summed E-state index contributed by atoms with van der Waals surface area (Å²) in [7, 11) is 0. The van der Waals surface area contributed by atoms with E-state index in [1.165, 1.54) is 0 Å². The van der Waals surface area contributed by atoms with Gasteiger partial charge < -0.3 is 5.73 Å². The molecule has 0 saturated carbocycles. The predicted molar refractivity (Wildman–Crippen MR) is 72.6 cm³/mol. The first-order chi connectivity index (χ1) is 8.25. The number of aromatic nitrogens is 4. The molecule has 0 atom stereocenters. The van der Waals surface area contributed by atoms with Gasteiger partial charge in [-0.25, -0.2) is 14.5 Å². The van der Waals surface area contributed by atoms with Crippen LogP contribution in [0.3, 0.4) is 0 Å². The molecule has 0 unspecified atom stereocenters. The summed E-state index contributed by atoms with van der Waals surface area (Å²) in [6, 6.07) is 9.89. The molecule has 0 amide bonds. The highest BCUT2D eigenvalue weighted by molar-refractivity contribution is 5.85. The molecule has 1 aromatic carbocycles. The smallest absolute Gasteiger partial charge is 0.238 e. The van der Waals surface area contributed by atoms with Gasteiger partial charge in [0.15, 0.2) is 5.82 Å². The third-order valence-electron chi connectivity index (χ3n) is 2.63. The van der Waals surface area contributed by atoms with Gasteiger partial charge in [0.2, 0.25) is 5.95 Å². The van der Waals surface area contributed by atoms with Crippen molar-refractivity contribution in [3.8, 4) is 11.4 Å². The minimum absolute atomic E-state index is 0. The lowest BCUT2D eigenvalue weighted by Crippen LogP contribution is -2.01. The van der Waals surface area contributed by atoms with E-state index in [9.17, 15) is 0 Å². The molecule has 0 radical (unpaired) electrons. The molecule has 3 aromatic rings. The molecule has 2 aromatic heterocycles. The van der Waals surface area contributed by atoms with Crippen molar-refractivity contribution in [2.45, 2.75) is 6.92 Å². The number of fused-ring (bicyclic) bond motifs is 1. The summed E-state index contributed by atoms with van der Waals surface area (Å²) in [6.45, 7) is 1.93. The zero-order valence-corrected chi connectivity index (χ0v) is 10.6. The van der Waals surface area contributed by atoms with Gasteiger partial charge in [0.05, 0.1) is 11.9 Å². The predicted octanol–water partition coefficient (Wildman–Crippen LogP) is 2.10. The Kier molecular flexibility index (Phi) is 3.16. The van der Waals surface area contributed by atoms with Crippen LogP contribution in [-0.2, 0) is 0 Å². The standard InChI is InChI=1S/C12H11N5.ClH/c1-8-10-7-14-12(13)16-17(10)11(15-8)9-5-3-2-4-6-9;/h2-7H,1H3,(H2,13,16);1H. The molecule has 0 aliphatic rings. The first kappa shape index (κ1) is 12.3. The van der Waals surface area contributed by atoms with Crippen molar-refractivity contribution < 1.29 is 0 Å². The van der Waals surface area contributed by atoms with Gasteiger partial charge in [-0.3, -0.25) is 0 Å². The van der Waals surface area contributed by atoms with Gasteiger partial charge in [-0.15, -0.1) is 17.5 Å². The van der Waals surface area contributed by atoms with Gasteiger partial charge >= 0.3 is 0 Å². The number of rotatable bonds is 1. The second-order valence-electron chi connectivity index (χ2n) is 3.80. The normalized spacial score (nSPS) is 10.3. The quantitative estimate of drug-likeness (QED) is 0.728. The lowest BCUT2D eigenvalue weighted by Gasteiger charge is -2.00. The summed E-state index contributed by atoms with van der Waals surface area (Å²) < 4.78 is 1.73. The minimum atomic E-state index is 0. The maximum atomic E-state index is 5.61. The summed E-state index contributed by atoms with van der Waals surface area (Å²) in [6.07, 6.45) is 1.69. The average molecular weight is 262 g/mol. The van der Waals surface area contributed by atoms with Crippen LogP contribution in [0.5, 0.6) is 0 Å².